The number of rotatable bonds is 5. The second-order valence-corrected chi connectivity index (χ2v) is 16.3. The molecule has 278 valence electrons. The van der Waals surface area contributed by atoms with Crippen molar-refractivity contribution in [2.45, 2.75) is 104 Å². The van der Waals surface area contributed by atoms with Crippen molar-refractivity contribution >= 4 is 54.1 Å². The second kappa shape index (κ2) is 15.7. The minimum absolute atomic E-state index is 0.0166. The lowest BCUT2D eigenvalue weighted by Crippen LogP contribution is -2.66. The molecule has 5 aliphatic rings. The molecule has 8 rings (SSSR count). The van der Waals surface area contributed by atoms with Crippen LogP contribution in [-0.4, -0.2) is 48.3 Å². The molecule has 2 atom stereocenters. The van der Waals surface area contributed by atoms with Gasteiger partial charge in [0.15, 0.2) is 20.5 Å². The summed E-state index contributed by atoms with van der Waals surface area (Å²) < 4.78 is 97.2. The highest BCUT2D eigenvalue weighted by atomic mass is 128. The summed E-state index contributed by atoms with van der Waals surface area (Å²) in [5.74, 6) is -16.8. The Balaban J connectivity index is 0.000000192. The smallest absolute Gasteiger partial charge is 0.377 e. The van der Waals surface area contributed by atoms with Gasteiger partial charge in [-0.1, -0.05) is 53.1 Å². The number of hydrogen-bond acceptors (Lipinski definition) is 4. The molecule has 4 saturated carbocycles. The zero-order valence-corrected chi connectivity index (χ0v) is 33.8. The van der Waals surface area contributed by atoms with Crippen molar-refractivity contribution in [2.24, 2.45) is 17.8 Å². The van der Waals surface area contributed by atoms with Crippen LogP contribution in [0.4, 0.5) is 26.3 Å². The van der Waals surface area contributed by atoms with E-state index in [1.54, 1.807) is 0 Å². The Bertz CT molecular complexity index is 1510. The van der Waals surface area contributed by atoms with E-state index in [4.69, 9.17) is 14.2 Å². The van der Waals surface area contributed by atoms with E-state index in [1.165, 1.54) is 31.4 Å². The van der Waals surface area contributed by atoms with Crippen LogP contribution < -0.4 is 0 Å². The quantitative estimate of drug-likeness (QED) is 0.111. The van der Waals surface area contributed by atoms with Crippen molar-refractivity contribution in [1.29, 1.82) is 0 Å². The zero-order valence-electron chi connectivity index (χ0n) is 28.7. The van der Waals surface area contributed by atoms with Crippen LogP contribution >= 0.6 is 37.2 Å². The van der Waals surface area contributed by atoms with E-state index in [-0.39, 0.29) is 29.7 Å². The summed E-state index contributed by atoms with van der Waals surface area (Å²) in [6.45, 7) is 3.91. The lowest BCUT2D eigenvalue weighted by atomic mass is 9.51. The first kappa shape index (κ1) is 40.6. The number of ether oxygens (including phenoxy) is 3. The van der Waals surface area contributed by atoms with Crippen LogP contribution in [0.25, 0.3) is 0 Å². The molecule has 2 unspecified atom stereocenters. The lowest BCUT2D eigenvalue weighted by molar-refractivity contribution is -0.355. The molecular weight excluding hydrogens is 920 g/mol. The molecule has 4 bridgehead atoms. The van der Waals surface area contributed by atoms with Crippen molar-refractivity contribution in [1.82, 2.24) is 0 Å². The minimum atomic E-state index is -4.36. The van der Waals surface area contributed by atoms with Gasteiger partial charge in [0.05, 0.1) is 10.9 Å². The molecule has 1 spiro atoms. The average molecular weight is 962 g/mol. The molecule has 3 aromatic rings. The lowest BCUT2D eigenvalue weighted by Gasteiger charge is -2.63. The predicted molar refractivity (Wildman–Crippen MR) is 201 cm³/mol. The van der Waals surface area contributed by atoms with E-state index in [1.807, 2.05) is 0 Å². The predicted octanol–water partition coefficient (Wildman–Crippen LogP) is 11.3. The first-order valence-electron chi connectivity index (χ1n) is 16.7. The van der Waals surface area contributed by atoms with Crippen LogP contribution in [0.3, 0.4) is 0 Å². The number of benzene rings is 3. The number of hydrogen-bond donors (Lipinski definition) is 0. The van der Waals surface area contributed by atoms with Crippen molar-refractivity contribution in [3.63, 3.8) is 0 Å². The number of carbonyl (C=O) groups is 1. The topological polar surface area (TPSA) is 44.8 Å². The number of halogens is 8. The van der Waals surface area contributed by atoms with Crippen molar-refractivity contribution < 1.29 is 45.3 Å². The van der Waals surface area contributed by atoms with Crippen molar-refractivity contribution in [2.75, 3.05) is 13.2 Å². The summed E-state index contributed by atoms with van der Waals surface area (Å²) in [5, 5.41) is 0. The van der Waals surface area contributed by atoms with Gasteiger partial charge in [0.25, 0.3) is 0 Å². The van der Waals surface area contributed by atoms with E-state index < -0.39 is 60.2 Å². The largest absolute Gasteiger partial charge is 0.455 e. The first-order valence-corrected chi connectivity index (χ1v) is 24.2. The van der Waals surface area contributed by atoms with Crippen molar-refractivity contribution in [3.8, 4) is 0 Å². The Labute approximate surface area is 321 Å². The maximum absolute atomic E-state index is 13.7. The molecule has 4 nitrogen and oxygen atoms in total. The van der Waals surface area contributed by atoms with Gasteiger partial charge in [-0.2, -0.15) is 26.3 Å². The molecule has 1 saturated heterocycles. The first-order chi connectivity index (χ1) is 23.9. The normalized spacial score (nSPS) is 26.7. The molecule has 0 amide bonds. The monoisotopic (exact) mass is 961 g/mol. The fourth-order valence-electron chi connectivity index (χ4n) is 7.83. The third-order valence-electron chi connectivity index (χ3n) is 10.2. The summed E-state index contributed by atoms with van der Waals surface area (Å²) in [4.78, 5) is 15.8. The Hall–Kier alpha value is -1.56. The van der Waals surface area contributed by atoms with Crippen molar-refractivity contribution in [3.05, 3.63) is 89.5 Å². The van der Waals surface area contributed by atoms with Crippen LogP contribution in [0.5, 0.6) is 0 Å². The van der Waals surface area contributed by atoms with E-state index in [2.05, 4.69) is 131 Å². The second-order valence-electron chi connectivity index (χ2n) is 14.3. The van der Waals surface area contributed by atoms with E-state index in [0.29, 0.717) is 26.2 Å². The minimum Gasteiger partial charge on any atom is -0.455 e. The van der Waals surface area contributed by atoms with Gasteiger partial charge in [-0.3, -0.25) is 0 Å². The van der Waals surface area contributed by atoms with E-state index in [9.17, 15) is 31.1 Å². The SMILES string of the molecule is CC(F)(F)C(=O)OC12CC3CC(C1)C1(OCC(F)(F)C(F)(F)CO1)C(C3)C2.Cc1ccc([S+](c2ccc(C)cc2)c2ccc(C)cc2)cc1.II. The molecule has 3 aromatic carbocycles. The Morgan fingerprint density at radius 1 is 0.706 bits per heavy atom. The van der Waals surface area contributed by atoms with Gasteiger partial charge in [-0.25, -0.2) is 4.79 Å². The maximum atomic E-state index is 13.7. The van der Waals surface area contributed by atoms with Gasteiger partial charge in [0, 0.05) is 56.0 Å². The highest BCUT2D eigenvalue weighted by molar-refractivity contribution is 15.0. The average Bonchev–Trinajstić information content (AvgIpc) is 3.16. The Morgan fingerprint density at radius 3 is 1.39 bits per heavy atom. The highest BCUT2D eigenvalue weighted by Crippen LogP contribution is 2.64. The van der Waals surface area contributed by atoms with Crippen LogP contribution in [-0.2, 0) is 29.9 Å². The molecule has 0 aromatic heterocycles. The standard InChI is InChI=1S/C21H21S.C17H20F6O4.I2/c1-16-4-10-19(11-5-16)22(20-12-6-17(2)7-13-20)21-14-8-18(3)9-15-21;1-13(18,19)12(24)27-14-4-9-2-10(5-14)17(11(3-9)6-14)25-7-15(20,21)16(22,23)8-26-17;1-2/h4-15H,1-3H3;9-11H,2-8H2,1H3;/q+1;;. The molecule has 0 radical (unpaired) electrons. The van der Waals surface area contributed by atoms with Gasteiger partial charge in [-0.05, 0) is 95.2 Å². The number of carbonyl (C=O) groups excluding carboxylic acids is 1. The van der Waals surface area contributed by atoms with Gasteiger partial charge in [-0.15, -0.1) is 0 Å². The van der Waals surface area contributed by atoms with Gasteiger partial charge in [0.2, 0.25) is 0 Å². The molecule has 1 aliphatic heterocycles. The summed E-state index contributed by atoms with van der Waals surface area (Å²) in [5.41, 5.74) is 2.77. The number of alkyl halides is 6. The molecule has 5 fully saturated rings. The molecule has 0 N–H and O–H groups in total. The third-order valence-corrected chi connectivity index (χ3v) is 12.4. The Kier molecular flexibility index (Phi) is 12.5. The Morgan fingerprint density at radius 2 is 1.06 bits per heavy atom. The molecule has 1 heterocycles. The van der Waals surface area contributed by atoms with Crippen LogP contribution in [0, 0.1) is 38.5 Å². The van der Waals surface area contributed by atoms with E-state index >= 15 is 0 Å². The molecule has 51 heavy (non-hydrogen) atoms. The maximum Gasteiger partial charge on any atom is 0.377 e. The van der Waals surface area contributed by atoms with E-state index in [0.717, 1.165) is 0 Å². The van der Waals surface area contributed by atoms with Crippen LogP contribution in [0.1, 0.15) is 55.7 Å². The zero-order chi connectivity index (χ0) is 37.4. The summed E-state index contributed by atoms with van der Waals surface area (Å²) in [6.07, 6.45) is 1.47. The molecule has 4 aliphatic carbocycles. The fraction of sp³-hybridized carbons (Fsp3) is 0.500. The fourth-order valence-corrected chi connectivity index (χ4v) is 9.87. The third kappa shape index (κ3) is 8.72. The number of esters is 1. The highest BCUT2D eigenvalue weighted by Gasteiger charge is 2.70. The van der Waals surface area contributed by atoms with Gasteiger partial charge in [0.1, 0.15) is 18.8 Å². The van der Waals surface area contributed by atoms with Crippen LogP contribution in [0.15, 0.2) is 87.5 Å². The van der Waals surface area contributed by atoms with Gasteiger partial charge < -0.3 is 14.2 Å². The molecule has 13 heteroatoms. The summed E-state index contributed by atoms with van der Waals surface area (Å²) in [6, 6.07) is 26.8. The summed E-state index contributed by atoms with van der Waals surface area (Å²) >= 11 is 4.24. The summed E-state index contributed by atoms with van der Waals surface area (Å²) in [7, 11) is -0.0394. The van der Waals surface area contributed by atoms with Crippen LogP contribution in [0.2, 0.25) is 0 Å². The number of aryl methyl sites for hydroxylation is 3. The van der Waals surface area contributed by atoms with Gasteiger partial charge >= 0.3 is 23.7 Å². The molecular formula is C38H41F6I2O4S+.